The number of hydrogen-bond acceptors (Lipinski definition) is 6. The van der Waals surface area contributed by atoms with Crippen LogP contribution in [0.5, 0.6) is 0 Å². The fraction of sp³-hybridized carbons (Fsp3) is 0.348. The summed E-state index contributed by atoms with van der Waals surface area (Å²) in [7, 11) is 3.42. The monoisotopic (exact) mass is 474 g/mol. The van der Waals surface area contributed by atoms with Gasteiger partial charge in [0.1, 0.15) is 34.5 Å². The molecule has 10 heteroatoms. The van der Waals surface area contributed by atoms with Crippen molar-refractivity contribution in [3.63, 3.8) is 0 Å². The number of methoxy groups -OCH3 is 1. The molecule has 3 atom stereocenters. The van der Waals surface area contributed by atoms with Crippen molar-refractivity contribution in [2.75, 3.05) is 12.4 Å². The zero-order chi connectivity index (χ0) is 23.5. The van der Waals surface area contributed by atoms with E-state index < -0.39 is 17.5 Å². The molecule has 1 aromatic carbocycles. The summed E-state index contributed by atoms with van der Waals surface area (Å²) in [6.07, 6.45) is 4.98. The summed E-state index contributed by atoms with van der Waals surface area (Å²) in [5.74, 6) is -1.97. The number of rotatable bonds is 6. The van der Waals surface area contributed by atoms with Gasteiger partial charge >= 0.3 is 0 Å². The van der Waals surface area contributed by atoms with E-state index in [0.717, 1.165) is 42.7 Å². The topological polar surface area (TPSA) is 78.3 Å². The second-order valence-corrected chi connectivity index (χ2v) is 8.54. The van der Waals surface area contributed by atoms with Gasteiger partial charge in [-0.05, 0) is 31.4 Å². The maximum absolute atomic E-state index is 14.1. The summed E-state index contributed by atoms with van der Waals surface area (Å²) in [5.41, 5.74) is 0.997. The van der Waals surface area contributed by atoms with E-state index in [1.807, 2.05) is 0 Å². The molecule has 1 amide bonds. The van der Waals surface area contributed by atoms with Crippen LogP contribution in [0.2, 0.25) is 0 Å². The molecule has 0 aliphatic carbocycles. The van der Waals surface area contributed by atoms with E-state index in [-0.39, 0.29) is 34.6 Å². The van der Waals surface area contributed by atoms with Crippen LogP contribution in [-0.4, -0.2) is 40.0 Å². The highest BCUT2D eigenvalue weighted by atomic mass is 32.1. The van der Waals surface area contributed by atoms with Crippen molar-refractivity contribution in [1.29, 1.82) is 0 Å². The number of nitrogens with zero attached hydrogens (tertiary/aromatic N) is 3. The molecule has 3 heterocycles. The van der Waals surface area contributed by atoms with Crippen molar-refractivity contribution in [2.45, 2.75) is 37.6 Å². The second kappa shape index (κ2) is 9.90. The predicted molar refractivity (Wildman–Crippen MR) is 121 cm³/mol. The Bertz CT molecular complexity index is 1140. The third-order valence-corrected chi connectivity index (χ3v) is 6.49. The molecule has 1 aliphatic rings. The summed E-state index contributed by atoms with van der Waals surface area (Å²) < 4.78 is 41.6. The van der Waals surface area contributed by atoms with Crippen molar-refractivity contribution < 1.29 is 23.0 Å². The molecule has 1 fully saturated rings. The van der Waals surface area contributed by atoms with Gasteiger partial charge in [0.2, 0.25) is 0 Å². The zero-order valence-corrected chi connectivity index (χ0v) is 19.1. The van der Waals surface area contributed by atoms with Gasteiger partial charge in [0.25, 0.3) is 5.91 Å². The van der Waals surface area contributed by atoms with Crippen LogP contribution in [0.4, 0.5) is 14.5 Å². The first-order valence-corrected chi connectivity index (χ1v) is 11.3. The van der Waals surface area contributed by atoms with E-state index in [4.69, 9.17) is 9.47 Å². The van der Waals surface area contributed by atoms with Crippen molar-refractivity contribution in [2.24, 2.45) is 7.05 Å². The van der Waals surface area contributed by atoms with Gasteiger partial charge in [-0.1, -0.05) is 12.1 Å². The highest BCUT2D eigenvalue weighted by molar-refractivity contribution is 7.13. The lowest BCUT2D eigenvalue weighted by atomic mass is 10.1. The normalized spacial score (nSPS) is 20.9. The average molecular weight is 475 g/mol. The number of ether oxygens (including phenoxy) is 2. The molecule has 1 N–H and O–H groups in total. The maximum Gasteiger partial charge on any atom is 0.275 e. The number of anilines is 1. The number of thiazole rings is 1. The molecule has 1 saturated heterocycles. The van der Waals surface area contributed by atoms with Gasteiger partial charge in [-0.2, -0.15) is 5.10 Å². The summed E-state index contributed by atoms with van der Waals surface area (Å²) in [6, 6.07) is 3.58. The average Bonchev–Trinajstić information content (AvgIpc) is 3.35. The minimum Gasteiger partial charge on any atom is -0.378 e. The maximum atomic E-state index is 14.1. The quantitative estimate of drug-likeness (QED) is 0.515. The second-order valence-electron chi connectivity index (χ2n) is 7.69. The molecular weight excluding hydrogens is 450 g/mol. The molecule has 0 spiro atoms. The van der Waals surface area contributed by atoms with Crippen LogP contribution >= 0.6 is 11.3 Å². The van der Waals surface area contributed by atoms with E-state index in [9.17, 15) is 13.6 Å². The number of halogens is 2. The lowest BCUT2D eigenvalue weighted by Gasteiger charge is -2.24. The van der Waals surface area contributed by atoms with Gasteiger partial charge < -0.3 is 14.8 Å². The molecule has 33 heavy (non-hydrogen) atoms. The number of aromatic nitrogens is 3. The number of benzene rings is 1. The van der Waals surface area contributed by atoms with Gasteiger partial charge in [-0.15, -0.1) is 17.9 Å². The Balaban J connectivity index is 1.56. The van der Waals surface area contributed by atoms with Gasteiger partial charge in [0.15, 0.2) is 0 Å². The van der Waals surface area contributed by atoms with Gasteiger partial charge in [0.05, 0.1) is 29.2 Å². The summed E-state index contributed by atoms with van der Waals surface area (Å²) in [4.78, 5) is 17.0. The Hall–Kier alpha value is -2.95. The minimum absolute atomic E-state index is 0.0534. The molecule has 3 unspecified atom stereocenters. The highest BCUT2D eigenvalue weighted by Crippen LogP contribution is 2.35. The molecule has 3 aromatic rings. The van der Waals surface area contributed by atoms with E-state index >= 15 is 0 Å². The van der Waals surface area contributed by atoms with Crippen molar-refractivity contribution in [3.8, 4) is 10.6 Å². The number of nitrogens with one attached hydrogen (secondary N) is 1. The Kier molecular flexibility index (Phi) is 6.96. The summed E-state index contributed by atoms with van der Waals surface area (Å²) in [5, 5.41) is 8.65. The highest BCUT2D eigenvalue weighted by Gasteiger charge is 2.31. The third kappa shape index (κ3) is 4.73. The zero-order valence-electron chi connectivity index (χ0n) is 18.3. The number of amides is 1. The van der Waals surface area contributed by atoms with Crippen LogP contribution in [0.3, 0.4) is 0 Å². The van der Waals surface area contributed by atoms with Crippen molar-refractivity contribution in [1.82, 2.24) is 14.8 Å². The predicted octanol–water partition coefficient (Wildman–Crippen LogP) is 4.89. The summed E-state index contributed by atoms with van der Waals surface area (Å²) in [6.45, 7) is 3.85. The van der Waals surface area contributed by atoms with Crippen LogP contribution in [0.15, 0.2) is 42.4 Å². The molecule has 174 valence electrons. The smallest absolute Gasteiger partial charge is 0.275 e. The molecule has 1 aliphatic heterocycles. The molecule has 2 aromatic heterocycles. The van der Waals surface area contributed by atoms with E-state index in [2.05, 4.69) is 22.0 Å². The lowest BCUT2D eigenvalue weighted by Crippen LogP contribution is -2.28. The van der Waals surface area contributed by atoms with Gasteiger partial charge in [0, 0.05) is 19.5 Å². The van der Waals surface area contributed by atoms with Crippen LogP contribution in [-0.2, 0) is 16.5 Å². The first kappa shape index (κ1) is 23.2. The van der Waals surface area contributed by atoms with Gasteiger partial charge in [-0.3, -0.25) is 9.48 Å². The molecule has 4 rings (SSSR count). The van der Waals surface area contributed by atoms with Gasteiger partial charge in [-0.25, -0.2) is 13.8 Å². The number of carbonyl (C=O) groups is 1. The van der Waals surface area contributed by atoms with E-state index in [1.165, 1.54) is 11.4 Å². The van der Waals surface area contributed by atoms with E-state index in [0.29, 0.717) is 11.4 Å². The molecule has 0 bridgehead atoms. The van der Waals surface area contributed by atoms with Crippen molar-refractivity contribution >= 4 is 22.9 Å². The van der Waals surface area contributed by atoms with Crippen molar-refractivity contribution in [3.05, 3.63) is 65.5 Å². The molecule has 7 nitrogen and oxygen atoms in total. The van der Waals surface area contributed by atoms with Crippen LogP contribution in [0.25, 0.3) is 10.6 Å². The van der Waals surface area contributed by atoms with Crippen LogP contribution < -0.4 is 5.32 Å². The Morgan fingerprint density at radius 3 is 2.82 bits per heavy atom. The standard InChI is InChI=1S/C23H24F2N4O3S/c1-4-17-18(31-3)9-6-10-19(32-17)21-15(11-26-29(21)2)27-22(30)16-12-33-23(28-16)20-13(24)7-5-8-14(20)25/h4-5,7-8,11-12,17-19H,1,6,9-10H2,2-3H3,(H,27,30). The number of aryl methyl sites for hydroxylation is 1. The Labute approximate surface area is 194 Å². The largest absolute Gasteiger partial charge is 0.378 e. The lowest BCUT2D eigenvalue weighted by molar-refractivity contribution is -0.0574. The first-order chi connectivity index (χ1) is 15.9. The Morgan fingerprint density at radius 2 is 2.12 bits per heavy atom. The molecule has 0 saturated carbocycles. The number of carbonyl (C=O) groups excluding carboxylic acids is 1. The molecule has 0 radical (unpaired) electrons. The minimum atomic E-state index is -0.734. The van der Waals surface area contributed by atoms with E-state index in [1.54, 1.807) is 31.1 Å². The Morgan fingerprint density at radius 1 is 1.36 bits per heavy atom. The molecular formula is C23H24F2N4O3S. The SMILES string of the molecule is C=CC1OC(c2c(NC(=O)c3csc(-c4c(F)cccc4F)n3)cnn2C)CCCC1OC. The summed E-state index contributed by atoms with van der Waals surface area (Å²) >= 11 is 0.994. The first-order valence-electron chi connectivity index (χ1n) is 10.5. The number of hydrogen-bond donors (Lipinski definition) is 1. The van der Waals surface area contributed by atoms with Crippen LogP contribution in [0, 0.1) is 11.6 Å². The fourth-order valence-electron chi connectivity index (χ4n) is 3.98. The fourth-order valence-corrected chi connectivity index (χ4v) is 4.83. The third-order valence-electron chi connectivity index (χ3n) is 5.63. The van der Waals surface area contributed by atoms with Crippen LogP contribution in [0.1, 0.15) is 41.5 Å².